The Hall–Kier alpha value is -3.97. The number of hydrazone groups is 1. The Morgan fingerprint density at radius 2 is 1.68 bits per heavy atom. The SMILES string of the molecule is Cc1ccc(C)c(NC(=O)CCC(=O)NN=Cc2c(OCc3ccc(Br)cc3)ccc3ccccc23)c1. The van der Waals surface area contributed by atoms with E-state index in [9.17, 15) is 9.59 Å². The van der Waals surface area contributed by atoms with Crippen molar-refractivity contribution in [3.63, 3.8) is 0 Å². The monoisotopic (exact) mass is 557 g/mol. The highest BCUT2D eigenvalue weighted by molar-refractivity contribution is 9.10. The fourth-order valence-corrected chi connectivity index (χ4v) is 4.08. The van der Waals surface area contributed by atoms with Crippen molar-refractivity contribution in [3.8, 4) is 5.75 Å². The fourth-order valence-electron chi connectivity index (χ4n) is 3.81. The van der Waals surface area contributed by atoms with E-state index in [-0.39, 0.29) is 24.7 Å². The largest absolute Gasteiger partial charge is 0.488 e. The van der Waals surface area contributed by atoms with Gasteiger partial charge < -0.3 is 10.1 Å². The summed E-state index contributed by atoms with van der Waals surface area (Å²) in [7, 11) is 0. The van der Waals surface area contributed by atoms with Crippen molar-refractivity contribution in [1.29, 1.82) is 0 Å². The van der Waals surface area contributed by atoms with Gasteiger partial charge in [-0.3, -0.25) is 9.59 Å². The predicted molar refractivity (Wildman–Crippen MR) is 152 cm³/mol. The minimum atomic E-state index is -0.343. The summed E-state index contributed by atoms with van der Waals surface area (Å²) in [4.78, 5) is 24.7. The lowest BCUT2D eigenvalue weighted by Gasteiger charge is -2.12. The molecule has 6 nitrogen and oxygen atoms in total. The third-order valence-electron chi connectivity index (χ3n) is 5.87. The van der Waals surface area contributed by atoms with Crippen molar-refractivity contribution < 1.29 is 14.3 Å². The average Bonchev–Trinajstić information content (AvgIpc) is 2.90. The molecule has 4 rings (SSSR count). The summed E-state index contributed by atoms with van der Waals surface area (Å²) in [5, 5.41) is 9.03. The van der Waals surface area contributed by atoms with Gasteiger partial charge in [-0.15, -0.1) is 0 Å². The third kappa shape index (κ3) is 7.27. The van der Waals surface area contributed by atoms with E-state index in [0.717, 1.165) is 43.2 Å². The van der Waals surface area contributed by atoms with E-state index in [4.69, 9.17) is 4.74 Å². The number of carbonyl (C=O) groups excluding carboxylic acids is 2. The van der Waals surface area contributed by atoms with Gasteiger partial charge in [0.2, 0.25) is 11.8 Å². The van der Waals surface area contributed by atoms with E-state index in [0.29, 0.717) is 12.4 Å². The highest BCUT2D eigenvalue weighted by atomic mass is 79.9. The van der Waals surface area contributed by atoms with Crippen LogP contribution in [0.25, 0.3) is 10.8 Å². The summed E-state index contributed by atoms with van der Waals surface area (Å²) >= 11 is 3.44. The van der Waals surface area contributed by atoms with Crippen LogP contribution in [0.3, 0.4) is 0 Å². The number of fused-ring (bicyclic) bond motifs is 1. The maximum Gasteiger partial charge on any atom is 0.240 e. The molecule has 0 atom stereocenters. The van der Waals surface area contributed by atoms with E-state index < -0.39 is 0 Å². The molecule has 0 heterocycles. The lowest BCUT2D eigenvalue weighted by atomic mass is 10.0. The number of ether oxygens (including phenoxy) is 1. The molecule has 0 unspecified atom stereocenters. The van der Waals surface area contributed by atoms with Crippen LogP contribution in [0.4, 0.5) is 5.69 Å². The van der Waals surface area contributed by atoms with Crippen LogP contribution in [0.15, 0.2) is 88.4 Å². The fraction of sp³-hybridized carbons (Fsp3) is 0.167. The molecule has 0 fully saturated rings. The summed E-state index contributed by atoms with van der Waals surface area (Å²) in [5.74, 6) is 0.1000. The number of aryl methyl sites for hydroxylation is 2. The predicted octanol–water partition coefficient (Wildman–Crippen LogP) is 6.67. The van der Waals surface area contributed by atoms with Gasteiger partial charge >= 0.3 is 0 Å². The molecule has 0 bridgehead atoms. The van der Waals surface area contributed by atoms with E-state index in [1.807, 2.05) is 92.7 Å². The molecule has 0 aliphatic heterocycles. The molecule has 0 saturated carbocycles. The number of anilines is 1. The molecule has 2 amide bonds. The van der Waals surface area contributed by atoms with Gasteiger partial charge in [-0.1, -0.05) is 70.5 Å². The molecular formula is C30H28BrN3O3. The molecule has 2 N–H and O–H groups in total. The van der Waals surface area contributed by atoms with Crippen molar-refractivity contribution in [2.45, 2.75) is 33.3 Å². The molecule has 37 heavy (non-hydrogen) atoms. The smallest absolute Gasteiger partial charge is 0.240 e. The van der Waals surface area contributed by atoms with Crippen LogP contribution in [0.2, 0.25) is 0 Å². The average molecular weight is 558 g/mol. The van der Waals surface area contributed by atoms with Gasteiger partial charge in [-0.2, -0.15) is 5.10 Å². The molecule has 188 valence electrons. The van der Waals surface area contributed by atoms with Gasteiger partial charge in [0.15, 0.2) is 0 Å². The number of nitrogens with one attached hydrogen (secondary N) is 2. The van der Waals surface area contributed by atoms with Gasteiger partial charge in [-0.25, -0.2) is 5.43 Å². The Kier molecular flexibility index (Phi) is 8.69. The Morgan fingerprint density at radius 1 is 0.919 bits per heavy atom. The van der Waals surface area contributed by atoms with Crippen molar-refractivity contribution >= 4 is 50.4 Å². The Balaban J connectivity index is 1.39. The van der Waals surface area contributed by atoms with Crippen molar-refractivity contribution in [1.82, 2.24) is 5.43 Å². The summed E-state index contributed by atoms with van der Waals surface area (Å²) < 4.78 is 7.12. The Morgan fingerprint density at radius 3 is 2.49 bits per heavy atom. The van der Waals surface area contributed by atoms with Crippen molar-refractivity contribution in [2.75, 3.05) is 5.32 Å². The normalized spacial score (nSPS) is 11.0. The van der Waals surface area contributed by atoms with Crippen LogP contribution < -0.4 is 15.5 Å². The highest BCUT2D eigenvalue weighted by Gasteiger charge is 2.10. The Bertz CT molecular complexity index is 1450. The second-order valence-corrected chi connectivity index (χ2v) is 9.69. The first-order valence-corrected chi connectivity index (χ1v) is 12.8. The molecule has 7 heteroatoms. The standard InChI is InChI=1S/C30H28BrN3O3/c1-20-7-8-21(2)27(17-20)33-29(35)15-16-30(36)34-32-18-26-25-6-4-3-5-23(25)11-14-28(26)37-19-22-9-12-24(31)13-10-22/h3-14,17-18H,15-16,19H2,1-2H3,(H,33,35)(H,34,36). The number of carbonyl (C=O) groups is 2. The number of rotatable bonds is 9. The molecule has 0 aromatic heterocycles. The van der Waals surface area contributed by atoms with Gasteiger partial charge in [0.1, 0.15) is 12.4 Å². The lowest BCUT2D eigenvalue weighted by Crippen LogP contribution is -2.21. The van der Waals surface area contributed by atoms with Gasteiger partial charge in [-0.05, 0) is 65.6 Å². The maximum absolute atomic E-state index is 12.4. The van der Waals surface area contributed by atoms with Crippen LogP contribution >= 0.6 is 15.9 Å². The van der Waals surface area contributed by atoms with Crippen LogP contribution in [-0.2, 0) is 16.2 Å². The number of hydrogen-bond donors (Lipinski definition) is 2. The second kappa shape index (κ2) is 12.3. The minimum absolute atomic E-state index is 0.0243. The summed E-state index contributed by atoms with van der Waals surface area (Å²) in [6.45, 7) is 4.29. The van der Waals surface area contributed by atoms with Gasteiger partial charge in [0.05, 0.1) is 6.21 Å². The first-order chi connectivity index (χ1) is 17.9. The molecule has 0 saturated heterocycles. The minimum Gasteiger partial charge on any atom is -0.488 e. The topological polar surface area (TPSA) is 79.8 Å². The van der Waals surface area contributed by atoms with E-state index >= 15 is 0 Å². The van der Waals surface area contributed by atoms with Crippen LogP contribution in [-0.4, -0.2) is 18.0 Å². The van der Waals surface area contributed by atoms with Gasteiger partial charge in [0, 0.05) is 28.6 Å². The number of amides is 2. The molecule has 4 aromatic carbocycles. The molecule has 0 aliphatic carbocycles. The summed E-state index contributed by atoms with van der Waals surface area (Å²) in [6, 6.07) is 25.6. The quantitative estimate of drug-likeness (QED) is 0.178. The summed E-state index contributed by atoms with van der Waals surface area (Å²) in [6.07, 6.45) is 1.67. The van der Waals surface area contributed by atoms with E-state index in [1.165, 1.54) is 0 Å². The maximum atomic E-state index is 12.4. The zero-order valence-corrected chi connectivity index (χ0v) is 22.3. The number of halogens is 1. The Labute approximate surface area is 224 Å². The van der Waals surface area contributed by atoms with Crippen molar-refractivity contribution in [2.24, 2.45) is 5.10 Å². The first-order valence-electron chi connectivity index (χ1n) is 12.0. The van der Waals surface area contributed by atoms with E-state index in [2.05, 4.69) is 31.8 Å². The van der Waals surface area contributed by atoms with Gasteiger partial charge in [0.25, 0.3) is 0 Å². The lowest BCUT2D eigenvalue weighted by molar-refractivity contribution is -0.124. The zero-order valence-electron chi connectivity index (χ0n) is 20.8. The molecule has 4 aromatic rings. The number of nitrogens with zero attached hydrogens (tertiary/aromatic N) is 1. The highest BCUT2D eigenvalue weighted by Crippen LogP contribution is 2.27. The zero-order chi connectivity index (χ0) is 26.2. The first kappa shape index (κ1) is 26.1. The van der Waals surface area contributed by atoms with Crippen LogP contribution in [0.5, 0.6) is 5.75 Å². The van der Waals surface area contributed by atoms with Crippen molar-refractivity contribution in [3.05, 3.63) is 106 Å². The number of hydrogen-bond acceptors (Lipinski definition) is 4. The summed E-state index contributed by atoms with van der Waals surface area (Å²) in [5.41, 5.74) is 7.12. The molecule has 0 spiro atoms. The van der Waals surface area contributed by atoms with E-state index in [1.54, 1.807) is 6.21 Å². The van der Waals surface area contributed by atoms with Crippen LogP contribution in [0.1, 0.15) is 35.1 Å². The number of benzene rings is 4. The second-order valence-electron chi connectivity index (χ2n) is 8.77. The third-order valence-corrected chi connectivity index (χ3v) is 6.40. The molecule has 0 aliphatic rings. The molecule has 0 radical (unpaired) electrons. The molecular weight excluding hydrogens is 530 g/mol. The van der Waals surface area contributed by atoms with Crippen LogP contribution in [0, 0.1) is 13.8 Å².